The van der Waals surface area contributed by atoms with Crippen molar-refractivity contribution in [2.75, 3.05) is 64.7 Å². The zero-order chi connectivity index (χ0) is 20.5. The van der Waals surface area contributed by atoms with Gasteiger partial charge in [0.05, 0.1) is 18.4 Å². The quantitative estimate of drug-likeness (QED) is 0.254. The fourth-order valence-electron chi connectivity index (χ4n) is 4.46. The van der Waals surface area contributed by atoms with E-state index in [2.05, 4.69) is 31.8 Å². The van der Waals surface area contributed by atoms with E-state index in [4.69, 9.17) is 4.74 Å². The smallest absolute Gasteiger partial charge is 0.213 e. The van der Waals surface area contributed by atoms with Gasteiger partial charge in [0.1, 0.15) is 0 Å². The van der Waals surface area contributed by atoms with Gasteiger partial charge in [-0.1, -0.05) is 0 Å². The average Bonchev–Trinajstić information content (AvgIpc) is 3.39. The van der Waals surface area contributed by atoms with Crippen LogP contribution >= 0.6 is 24.0 Å². The molecule has 0 bridgehead atoms. The summed E-state index contributed by atoms with van der Waals surface area (Å²) in [4.78, 5) is 9.48. The highest BCUT2D eigenvalue weighted by atomic mass is 127. The van der Waals surface area contributed by atoms with E-state index in [0.29, 0.717) is 12.5 Å². The van der Waals surface area contributed by atoms with E-state index in [-0.39, 0.29) is 42.4 Å². The molecular formula is C20H40IN5O3S. The van der Waals surface area contributed by atoms with Crippen LogP contribution in [0, 0.1) is 5.92 Å². The average molecular weight is 558 g/mol. The Morgan fingerprint density at radius 2 is 1.93 bits per heavy atom. The van der Waals surface area contributed by atoms with Gasteiger partial charge in [-0.2, -0.15) is 0 Å². The maximum absolute atomic E-state index is 12.3. The van der Waals surface area contributed by atoms with Gasteiger partial charge in [0, 0.05) is 39.3 Å². The van der Waals surface area contributed by atoms with Crippen LogP contribution in [0.4, 0.5) is 0 Å². The Bertz CT molecular complexity index is 622. The molecule has 0 radical (unpaired) electrons. The molecule has 30 heavy (non-hydrogen) atoms. The minimum absolute atomic E-state index is 0. The molecule has 10 heteroatoms. The van der Waals surface area contributed by atoms with E-state index < -0.39 is 10.0 Å². The number of hydrogen-bond donors (Lipinski definition) is 2. The Morgan fingerprint density at radius 3 is 2.63 bits per heavy atom. The molecule has 3 aliphatic heterocycles. The summed E-state index contributed by atoms with van der Waals surface area (Å²) in [5.74, 6) is 1.54. The largest absolute Gasteiger partial charge is 0.377 e. The molecule has 3 saturated heterocycles. The van der Waals surface area contributed by atoms with E-state index >= 15 is 0 Å². The lowest BCUT2D eigenvalue weighted by Crippen LogP contribution is -2.41. The molecule has 0 aromatic carbocycles. The zero-order valence-electron chi connectivity index (χ0n) is 18.4. The summed E-state index contributed by atoms with van der Waals surface area (Å²) in [6.07, 6.45) is 6.96. The van der Waals surface area contributed by atoms with Crippen LogP contribution in [0.3, 0.4) is 0 Å². The Balaban J connectivity index is 0.00000320. The summed E-state index contributed by atoms with van der Waals surface area (Å²) < 4.78 is 32.9. The van der Waals surface area contributed by atoms with E-state index in [1.807, 2.05) is 0 Å². The zero-order valence-corrected chi connectivity index (χ0v) is 21.5. The number of nitrogens with zero attached hydrogens (tertiary/aromatic N) is 3. The first-order chi connectivity index (χ1) is 14.1. The van der Waals surface area contributed by atoms with Crippen LogP contribution in [0.25, 0.3) is 0 Å². The number of rotatable bonds is 9. The highest BCUT2D eigenvalue weighted by Crippen LogP contribution is 2.20. The molecule has 176 valence electrons. The second-order valence-corrected chi connectivity index (χ2v) is 10.4. The molecule has 0 aromatic rings. The SMILES string of the molecule is CCNC(=NCCS(=O)(=O)NCC1CCCCO1)N1CCC(CN2CCCC2)C1.I. The molecule has 2 atom stereocenters. The van der Waals surface area contributed by atoms with Gasteiger partial charge in [-0.15, -0.1) is 24.0 Å². The maximum Gasteiger partial charge on any atom is 0.213 e. The highest BCUT2D eigenvalue weighted by molar-refractivity contribution is 14.0. The van der Waals surface area contributed by atoms with Crippen molar-refractivity contribution in [3.8, 4) is 0 Å². The third-order valence-electron chi connectivity index (χ3n) is 6.06. The molecule has 0 amide bonds. The van der Waals surface area contributed by atoms with Crippen LogP contribution in [0.15, 0.2) is 4.99 Å². The Hall–Kier alpha value is -0.170. The first-order valence-corrected chi connectivity index (χ1v) is 13.1. The fourth-order valence-corrected chi connectivity index (χ4v) is 5.38. The molecule has 0 aliphatic carbocycles. The first kappa shape index (κ1) is 26.1. The van der Waals surface area contributed by atoms with Crippen molar-refractivity contribution >= 4 is 40.0 Å². The van der Waals surface area contributed by atoms with Crippen LogP contribution in [0.2, 0.25) is 0 Å². The normalized spacial score (nSPS) is 26.0. The summed E-state index contributed by atoms with van der Waals surface area (Å²) in [6.45, 7) is 9.87. The van der Waals surface area contributed by atoms with Gasteiger partial charge in [0.15, 0.2) is 5.96 Å². The minimum Gasteiger partial charge on any atom is -0.377 e. The number of guanidine groups is 1. The second kappa shape index (κ2) is 13.4. The van der Waals surface area contributed by atoms with Crippen LogP contribution in [-0.2, 0) is 14.8 Å². The van der Waals surface area contributed by atoms with Gasteiger partial charge in [0.25, 0.3) is 0 Å². The van der Waals surface area contributed by atoms with Gasteiger partial charge in [0.2, 0.25) is 10.0 Å². The molecule has 0 saturated carbocycles. The van der Waals surface area contributed by atoms with Gasteiger partial charge < -0.3 is 19.9 Å². The van der Waals surface area contributed by atoms with Crippen molar-refractivity contribution in [2.24, 2.45) is 10.9 Å². The number of hydrogen-bond acceptors (Lipinski definition) is 5. The summed E-state index contributed by atoms with van der Waals surface area (Å²) in [7, 11) is -3.33. The summed E-state index contributed by atoms with van der Waals surface area (Å²) in [6, 6.07) is 0. The minimum atomic E-state index is -3.33. The van der Waals surface area contributed by atoms with Crippen molar-refractivity contribution < 1.29 is 13.2 Å². The van der Waals surface area contributed by atoms with Gasteiger partial charge >= 0.3 is 0 Å². The highest BCUT2D eigenvalue weighted by Gasteiger charge is 2.27. The number of likely N-dealkylation sites (tertiary alicyclic amines) is 2. The lowest BCUT2D eigenvalue weighted by molar-refractivity contribution is 0.0200. The predicted molar refractivity (Wildman–Crippen MR) is 132 cm³/mol. The van der Waals surface area contributed by atoms with Crippen molar-refractivity contribution in [1.29, 1.82) is 0 Å². The Labute approximate surface area is 199 Å². The molecule has 3 rings (SSSR count). The van der Waals surface area contributed by atoms with Crippen LogP contribution < -0.4 is 10.0 Å². The van der Waals surface area contributed by atoms with Crippen LogP contribution in [0.1, 0.15) is 45.4 Å². The molecular weight excluding hydrogens is 517 g/mol. The van der Waals surface area contributed by atoms with E-state index in [0.717, 1.165) is 51.5 Å². The third-order valence-corrected chi connectivity index (χ3v) is 7.39. The maximum atomic E-state index is 12.3. The number of sulfonamides is 1. The van der Waals surface area contributed by atoms with E-state index in [1.165, 1.54) is 38.9 Å². The summed E-state index contributed by atoms with van der Waals surface area (Å²) in [5, 5.41) is 3.34. The van der Waals surface area contributed by atoms with E-state index in [1.54, 1.807) is 0 Å². The van der Waals surface area contributed by atoms with Crippen molar-refractivity contribution in [2.45, 2.75) is 51.6 Å². The summed E-state index contributed by atoms with van der Waals surface area (Å²) in [5.41, 5.74) is 0. The second-order valence-electron chi connectivity index (χ2n) is 8.50. The van der Waals surface area contributed by atoms with Gasteiger partial charge in [-0.25, -0.2) is 13.1 Å². The topological polar surface area (TPSA) is 86.3 Å². The molecule has 2 unspecified atom stereocenters. The van der Waals surface area contributed by atoms with E-state index in [9.17, 15) is 8.42 Å². The fraction of sp³-hybridized carbons (Fsp3) is 0.950. The molecule has 3 fully saturated rings. The monoisotopic (exact) mass is 557 g/mol. The van der Waals surface area contributed by atoms with Crippen molar-refractivity contribution in [3.05, 3.63) is 0 Å². The first-order valence-electron chi connectivity index (χ1n) is 11.4. The van der Waals surface area contributed by atoms with Crippen LogP contribution in [-0.4, -0.2) is 95.0 Å². The lowest BCUT2D eigenvalue weighted by Gasteiger charge is -2.23. The van der Waals surface area contributed by atoms with Crippen LogP contribution in [0.5, 0.6) is 0 Å². The van der Waals surface area contributed by atoms with Crippen molar-refractivity contribution in [3.63, 3.8) is 0 Å². The van der Waals surface area contributed by atoms with Gasteiger partial charge in [-0.05, 0) is 64.5 Å². The molecule has 3 heterocycles. The molecule has 8 nitrogen and oxygen atoms in total. The number of halogens is 1. The molecule has 3 aliphatic rings. The van der Waals surface area contributed by atoms with Crippen molar-refractivity contribution in [1.82, 2.24) is 19.8 Å². The standard InChI is InChI=1S/C20H39N5O3S.HI/c1-2-21-20(25-12-8-18(17-25)16-24-10-4-5-11-24)22-9-14-29(26,27)23-15-19-7-3-6-13-28-19;/h18-19,23H,2-17H2,1H3,(H,21,22);1H. The third kappa shape index (κ3) is 8.76. The lowest BCUT2D eigenvalue weighted by atomic mass is 10.1. The molecule has 0 aromatic heterocycles. The van der Waals surface area contributed by atoms with Gasteiger partial charge in [-0.3, -0.25) is 4.99 Å². The molecule has 2 N–H and O–H groups in total. The number of aliphatic imine (C=N–C) groups is 1. The predicted octanol–water partition coefficient (Wildman–Crippen LogP) is 1.48. The number of ether oxygens (including phenoxy) is 1. The molecule has 0 spiro atoms. The Kier molecular flexibility index (Phi) is 11.6. The Morgan fingerprint density at radius 1 is 1.13 bits per heavy atom. The number of nitrogens with one attached hydrogen (secondary N) is 2. The summed E-state index contributed by atoms with van der Waals surface area (Å²) >= 11 is 0.